The van der Waals surface area contributed by atoms with Crippen molar-refractivity contribution in [3.05, 3.63) is 24.9 Å². The number of rotatable bonds is 5. The van der Waals surface area contributed by atoms with Crippen LogP contribution in [0.15, 0.2) is 24.9 Å². The summed E-state index contributed by atoms with van der Waals surface area (Å²) in [5, 5.41) is 0. The minimum absolute atomic E-state index is 0.787. The summed E-state index contributed by atoms with van der Waals surface area (Å²) < 4.78 is 0. The molecule has 0 aliphatic rings. The molecule has 0 spiro atoms. The van der Waals surface area contributed by atoms with Crippen LogP contribution in [0.3, 0.4) is 0 Å². The van der Waals surface area contributed by atoms with E-state index in [9.17, 15) is 0 Å². The smallest absolute Gasteiger partial charge is 0.0171 e. The summed E-state index contributed by atoms with van der Waals surface area (Å²) in [5.74, 6) is 0.787. The minimum Gasteiger partial charge on any atom is -0.380 e. The van der Waals surface area contributed by atoms with Crippen LogP contribution in [0.1, 0.15) is 20.3 Å². The Morgan fingerprint density at radius 3 is 2.55 bits per heavy atom. The third-order valence-corrected chi connectivity index (χ3v) is 1.54. The Bertz CT molecular complexity index is 125. The van der Waals surface area contributed by atoms with E-state index in [2.05, 4.69) is 38.6 Å². The number of nitrogens with zero attached hydrogens (tertiary/aromatic N) is 1. The van der Waals surface area contributed by atoms with Crippen molar-refractivity contribution in [2.24, 2.45) is 5.92 Å². The molecule has 64 valence electrons. The predicted octanol–water partition coefficient (Wildman–Crippen LogP) is 2.66. The molecular formula is C10H19N. The Kier molecular flexibility index (Phi) is 5.63. The van der Waals surface area contributed by atoms with Crippen molar-refractivity contribution in [1.82, 2.24) is 4.90 Å². The SMILES string of the molecule is C=C/C=C\N(C)CCC(C)C. The molecule has 0 amide bonds. The molecule has 0 atom stereocenters. The maximum atomic E-state index is 3.61. The number of hydrogen-bond acceptors (Lipinski definition) is 1. The first-order valence-electron chi connectivity index (χ1n) is 4.16. The van der Waals surface area contributed by atoms with Gasteiger partial charge in [0.25, 0.3) is 0 Å². The lowest BCUT2D eigenvalue weighted by atomic mass is 10.1. The maximum absolute atomic E-state index is 3.61. The van der Waals surface area contributed by atoms with Crippen LogP contribution < -0.4 is 0 Å². The lowest BCUT2D eigenvalue weighted by Gasteiger charge is -2.14. The molecule has 0 aromatic heterocycles. The molecule has 0 saturated carbocycles. The zero-order valence-corrected chi connectivity index (χ0v) is 7.88. The Hall–Kier alpha value is -0.720. The molecule has 0 N–H and O–H groups in total. The van der Waals surface area contributed by atoms with Gasteiger partial charge in [0.1, 0.15) is 0 Å². The molecule has 0 aromatic rings. The van der Waals surface area contributed by atoms with E-state index in [4.69, 9.17) is 0 Å². The van der Waals surface area contributed by atoms with Crippen molar-refractivity contribution in [1.29, 1.82) is 0 Å². The highest BCUT2D eigenvalue weighted by atomic mass is 15.1. The van der Waals surface area contributed by atoms with E-state index in [0.717, 1.165) is 12.5 Å². The average molecular weight is 153 g/mol. The van der Waals surface area contributed by atoms with Crippen molar-refractivity contribution < 1.29 is 0 Å². The van der Waals surface area contributed by atoms with E-state index >= 15 is 0 Å². The lowest BCUT2D eigenvalue weighted by molar-refractivity contribution is 0.404. The van der Waals surface area contributed by atoms with Crippen LogP contribution in [-0.4, -0.2) is 18.5 Å². The largest absolute Gasteiger partial charge is 0.380 e. The molecule has 0 fully saturated rings. The number of allylic oxidation sites excluding steroid dienone is 2. The third kappa shape index (κ3) is 7.17. The van der Waals surface area contributed by atoms with E-state index in [1.54, 1.807) is 6.08 Å². The predicted molar refractivity (Wildman–Crippen MR) is 51.4 cm³/mol. The van der Waals surface area contributed by atoms with Gasteiger partial charge in [0.2, 0.25) is 0 Å². The highest BCUT2D eigenvalue weighted by Crippen LogP contribution is 2.00. The van der Waals surface area contributed by atoms with Crippen LogP contribution in [0.2, 0.25) is 0 Å². The van der Waals surface area contributed by atoms with Crippen LogP contribution >= 0.6 is 0 Å². The summed E-state index contributed by atoms with van der Waals surface area (Å²) in [6.45, 7) is 9.22. The lowest BCUT2D eigenvalue weighted by Crippen LogP contribution is -2.13. The molecule has 0 aromatic carbocycles. The van der Waals surface area contributed by atoms with Crippen molar-refractivity contribution in [3.8, 4) is 0 Å². The highest BCUT2D eigenvalue weighted by molar-refractivity contribution is 4.96. The standard InChI is InChI=1S/C10H19N/c1-5-6-8-11(4)9-7-10(2)3/h5-6,8,10H,1,7,9H2,2-4H3/b8-6-. The number of hydrogen-bond donors (Lipinski definition) is 0. The summed E-state index contributed by atoms with van der Waals surface area (Å²) in [6.07, 6.45) is 7.06. The van der Waals surface area contributed by atoms with Gasteiger partial charge in [-0.1, -0.05) is 26.5 Å². The molecule has 0 aliphatic heterocycles. The Balaban J connectivity index is 3.44. The molecule has 0 bridgehead atoms. The second-order valence-corrected chi connectivity index (χ2v) is 3.24. The summed E-state index contributed by atoms with van der Waals surface area (Å²) >= 11 is 0. The van der Waals surface area contributed by atoms with Crippen molar-refractivity contribution >= 4 is 0 Å². The molecule has 0 heterocycles. The normalized spacial score (nSPS) is 10.9. The molecule has 0 radical (unpaired) electrons. The van der Waals surface area contributed by atoms with Gasteiger partial charge in [-0.05, 0) is 24.6 Å². The molecular weight excluding hydrogens is 134 g/mol. The maximum Gasteiger partial charge on any atom is 0.0171 e. The molecule has 0 unspecified atom stereocenters. The van der Waals surface area contributed by atoms with Crippen LogP contribution in [0.25, 0.3) is 0 Å². The van der Waals surface area contributed by atoms with Gasteiger partial charge in [-0.25, -0.2) is 0 Å². The third-order valence-electron chi connectivity index (χ3n) is 1.54. The minimum atomic E-state index is 0.787. The fraction of sp³-hybridized carbons (Fsp3) is 0.600. The first-order chi connectivity index (χ1) is 5.16. The highest BCUT2D eigenvalue weighted by Gasteiger charge is 1.94. The molecule has 0 rings (SSSR count). The van der Waals surface area contributed by atoms with Gasteiger partial charge in [-0.2, -0.15) is 0 Å². The van der Waals surface area contributed by atoms with Crippen molar-refractivity contribution in [2.45, 2.75) is 20.3 Å². The van der Waals surface area contributed by atoms with Crippen LogP contribution in [-0.2, 0) is 0 Å². The Labute approximate surface area is 70.4 Å². The van der Waals surface area contributed by atoms with Crippen molar-refractivity contribution in [3.63, 3.8) is 0 Å². The van der Waals surface area contributed by atoms with Crippen LogP contribution in [0.4, 0.5) is 0 Å². The average Bonchev–Trinajstić information content (AvgIpc) is 1.97. The monoisotopic (exact) mass is 153 g/mol. The quantitative estimate of drug-likeness (QED) is 0.549. The topological polar surface area (TPSA) is 3.24 Å². The molecule has 1 nitrogen and oxygen atoms in total. The van der Waals surface area contributed by atoms with E-state index < -0.39 is 0 Å². The van der Waals surface area contributed by atoms with Crippen molar-refractivity contribution in [2.75, 3.05) is 13.6 Å². The zero-order valence-electron chi connectivity index (χ0n) is 7.88. The van der Waals surface area contributed by atoms with Gasteiger partial charge in [0.15, 0.2) is 0 Å². The van der Waals surface area contributed by atoms with Gasteiger partial charge in [0, 0.05) is 13.6 Å². The summed E-state index contributed by atoms with van der Waals surface area (Å²) in [6, 6.07) is 0. The van der Waals surface area contributed by atoms with Crippen LogP contribution in [0, 0.1) is 5.92 Å². The van der Waals surface area contributed by atoms with E-state index in [1.165, 1.54) is 6.42 Å². The Morgan fingerprint density at radius 1 is 1.45 bits per heavy atom. The second kappa shape index (κ2) is 6.02. The summed E-state index contributed by atoms with van der Waals surface area (Å²) in [7, 11) is 2.09. The molecule has 1 heteroatoms. The van der Waals surface area contributed by atoms with Crippen LogP contribution in [0.5, 0.6) is 0 Å². The van der Waals surface area contributed by atoms with Gasteiger partial charge in [-0.3, -0.25) is 0 Å². The van der Waals surface area contributed by atoms with Gasteiger partial charge in [0.05, 0.1) is 0 Å². The van der Waals surface area contributed by atoms with Gasteiger partial charge >= 0.3 is 0 Å². The summed E-state index contributed by atoms with van der Waals surface area (Å²) in [4.78, 5) is 2.18. The van der Waals surface area contributed by atoms with E-state index in [0.29, 0.717) is 0 Å². The van der Waals surface area contributed by atoms with Gasteiger partial charge < -0.3 is 4.90 Å². The first-order valence-corrected chi connectivity index (χ1v) is 4.16. The Morgan fingerprint density at radius 2 is 2.09 bits per heavy atom. The van der Waals surface area contributed by atoms with E-state index in [1.807, 2.05) is 6.08 Å². The molecule has 11 heavy (non-hydrogen) atoms. The summed E-state index contributed by atoms with van der Waals surface area (Å²) in [5.41, 5.74) is 0. The van der Waals surface area contributed by atoms with E-state index in [-0.39, 0.29) is 0 Å². The zero-order chi connectivity index (χ0) is 8.69. The fourth-order valence-electron chi connectivity index (χ4n) is 0.744. The second-order valence-electron chi connectivity index (χ2n) is 3.24. The molecule has 0 aliphatic carbocycles. The first kappa shape index (κ1) is 10.3. The molecule has 0 saturated heterocycles. The van der Waals surface area contributed by atoms with Gasteiger partial charge in [-0.15, -0.1) is 0 Å². The fourth-order valence-corrected chi connectivity index (χ4v) is 0.744.